The summed E-state index contributed by atoms with van der Waals surface area (Å²) in [5, 5.41) is 2.67. The molecular weight excluding hydrogens is 236 g/mol. The van der Waals surface area contributed by atoms with E-state index in [2.05, 4.69) is 5.32 Å². The molecule has 0 fully saturated rings. The molecular formula is C12H18N2O4. The largest absolute Gasteiger partial charge is 0.497 e. The fraction of sp³-hybridized carbons (Fsp3) is 0.417. The molecule has 0 bridgehead atoms. The van der Waals surface area contributed by atoms with Crippen LogP contribution in [0.5, 0.6) is 11.5 Å². The van der Waals surface area contributed by atoms with Crippen molar-refractivity contribution in [3.63, 3.8) is 0 Å². The van der Waals surface area contributed by atoms with E-state index in [9.17, 15) is 4.79 Å². The number of ether oxygens (including phenoxy) is 3. The molecule has 0 aliphatic carbocycles. The van der Waals surface area contributed by atoms with Gasteiger partial charge in [0.1, 0.15) is 17.5 Å². The number of amides is 1. The molecule has 0 aliphatic rings. The number of nitrogens with one attached hydrogen (secondary N) is 1. The normalized spacial score (nSPS) is 11.8. The van der Waals surface area contributed by atoms with Crippen molar-refractivity contribution in [1.82, 2.24) is 0 Å². The first-order valence-electron chi connectivity index (χ1n) is 5.39. The van der Waals surface area contributed by atoms with Crippen molar-refractivity contribution in [3.8, 4) is 11.5 Å². The number of nitrogens with two attached hydrogens (primary N) is 1. The molecule has 0 heterocycles. The van der Waals surface area contributed by atoms with Crippen LogP contribution in [0.2, 0.25) is 0 Å². The van der Waals surface area contributed by atoms with Gasteiger partial charge in [-0.2, -0.15) is 0 Å². The number of methoxy groups -OCH3 is 3. The fourth-order valence-electron chi connectivity index (χ4n) is 1.38. The van der Waals surface area contributed by atoms with Gasteiger partial charge in [0.05, 0.1) is 26.5 Å². The van der Waals surface area contributed by atoms with Crippen molar-refractivity contribution in [1.29, 1.82) is 0 Å². The Labute approximate surface area is 106 Å². The molecule has 0 saturated carbocycles. The number of rotatable bonds is 6. The van der Waals surface area contributed by atoms with Crippen molar-refractivity contribution in [2.45, 2.75) is 6.04 Å². The first-order valence-corrected chi connectivity index (χ1v) is 5.39. The second-order valence-corrected chi connectivity index (χ2v) is 3.62. The Morgan fingerprint density at radius 3 is 2.61 bits per heavy atom. The van der Waals surface area contributed by atoms with Gasteiger partial charge in [-0.15, -0.1) is 0 Å². The third kappa shape index (κ3) is 3.61. The van der Waals surface area contributed by atoms with Crippen molar-refractivity contribution in [2.24, 2.45) is 5.73 Å². The maximum absolute atomic E-state index is 11.7. The van der Waals surface area contributed by atoms with E-state index < -0.39 is 6.04 Å². The zero-order valence-corrected chi connectivity index (χ0v) is 10.7. The van der Waals surface area contributed by atoms with Gasteiger partial charge in [-0.25, -0.2) is 0 Å². The summed E-state index contributed by atoms with van der Waals surface area (Å²) in [7, 11) is 4.56. The molecule has 100 valence electrons. The molecule has 6 nitrogen and oxygen atoms in total. The molecule has 18 heavy (non-hydrogen) atoms. The topological polar surface area (TPSA) is 82.8 Å². The maximum Gasteiger partial charge on any atom is 0.243 e. The summed E-state index contributed by atoms with van der Waals surface area (Å²) in [6.45, 7) is 0.157. The monoisotopic (exact) mass is 254 g/mol. The van der Waals surface area contributed by atoms with Gasteiger partial charge in [0.15, 0.2) is 0 Å². The highest BCUT2D eigenvalue weighted by Crippen LogP contribution is 2.28. The highest BCUT2D eigenvalue weighted by Gasteiger charge is 2.15. The molecule has 1 unspecified atom stereocenters. The van der Waals surface area contributed by atoms with E-state index in [1.54, 1.807) is 25.3 Å². The molecule has 0 spiro atoms. The first kappa shape index (κ1) is 14.3. The van der Waals surface area contributed by atoms with Crippen LogP contribution in [-0.2, 0) is 9.53 Å². The highest BCUT2D eigenvalue weighted by molar-refractivity contribution is 5.96. The summed E-state index contributed by atoms with van der Waals surface area (Å²) in [6, 6.07) is 4.37. The van der Waals surface area contributed by atoms with Gasteiger partial charge >= 0.3 is 0 Å². The quantitative estimate of drug-likeness (QED) is 0.777. The van der Waals surface area contributed by atoms with E-state index in [0.717, 1.165) is 0 Å². The highest BCUT2D eigenvalue weighted by atomic mass is 16.5. The van der Waals surface area contributed by atoms with Gasteiger partial charge in [0, 0.05) is 13.2 Å². The lowest BCUT2D eigenvalue weighted by Crippen LogP contribution is -2.39. The van der Waals surface area contributed by atoms with Gasteiger partial charge in [0.25, 0.3) is 0 Å². The Morgan fingerprint density at radius 1 is 1.33 bits per heavy atom. The van der Waals surface area contributed by atoms with Crippen LogP contribution in [-0.4, -0.2) is 39.9 Å². The average molecular weight is 254 g/mol. The molecule has 1 atom stereocenters. The first-order chi connectivity index (χ1) is 8.62. The number of benzene rings is 1. The van der Waals surface area contributed by atoms with Crippen molar-refractivity contribution >= 4 is 11.6 Å². The third-order valence-corrected chi connectivity index (χ3v) is 2.35. The number of hydrogen-bond donors (Lipinski definition) is 2. The smallest absolute Gasteiger partial charge is 0.243 e. The van der Waals surface area contributed by atoms with Crippen LogP contribution in [0.25, 0.3) is 0 Å². The van der Waals surface area contributed by atoms with Crippen LogP contribution in [0.4, 0.5) is 5.69 Å². The van der Waals surface area contributed by atoms with Gasteiger partial charge in [-0.3, -0.25) is 4.79 Å². The van der Waals surface area contributed by atoms with Crippen LogP contribution in [0.15, 0.2) is 18.2 Å². The van der Waals surface area contributed by atoms with Crippen LogP contribution < -0.4 is 20.5 Å². The Balaban J connectivity index is 2.80. The summed E-state index contributed by atoms with van der Waals surface area (Å²) in [5.41, 5.74) is 6.16. The van der Waals surface area contributed by atoms with E-state index in [-0.39, 0.29) is 12.5 Å². The summed E-state index contributed by atoms with van der Waals surface area (Å²) in [6.07, 6.45) is 0. The van der Waals surface area contributed by atoms with Crippen LogP contribution in [0.3, 0.4) is 0 Å². The molecule has 0 aromatic heterocycles. The van der Waals surface area contributed by atoms with Gasteiger partial charge in [0.2, 0.25) is 5.91 Å². The minimum Gasteiger partial charge on any atom is -0.497 e. The summed E-state index contributed by atoms with van der Waals surface area (Å²) in [5.74, 6) is 0.818. The molecule has 3 N–H and O–H groups in total. The van der Waals surface area contributed by atoms with Crippen LogP contribution >= 0.6 is 0 Å². The zero-order valence-electron chi connectivity index (χ0n) is 10.7. The second kappa shape index (κ2) is 6.83. The number of carbonyl (C=O) groups excluding carboxylic acids is 1. The van der Waals surface area contributed by atoms with E-state index in [0.29, 0.717) is 17.2 Å². The standard InChI is InChI=1S/C12H18N2O4/c1-16-7-9(13)12(15)14-10-5-4-8(17-2)6-11(10)18-3/h4-6,9H,7,13H2,1-3H3,(H,14,15). The van der Waals surface area contributed by atoms with E-state index in [4.69, 9.17) is 19.9 Å². The molecule has 6 heteroatoms. The van der Waals surface area contributed by atoms with Crippen molar-refractivity contribution < 1.29 is 19.0 Å². The van der Waals surface area contributed by atoms with Crippen LogP contribution in [0.1, 0.15) is 0 Å². The Kier molecular flexibility index (Phi) is 5.41. The van der Waals surface area contributed by atoms with Gasteiger partial charge < -0.3 is 25.3 Å². The Hall–Kier alpha value is -1.79. The lowest BCUT2D eigenvalue weighted by molar-refractivity contribution is -0.118. The number of anilines is 1. The molecule has 1 amide bonds. The van der Waals surface area contributed by atoms with E-state index in [1.807, 2.05) is 0 Å². The molecule has 0 aliphatic heterocycles. The second-order valence-electron chi connectivity index (χ2n) is 3.62. The third-order valence-electron chi connectivity index (χ3n) is 2.35. The molecule has 0 radical (unpaired) electrons. The predicted octanol–water partition coefficient (Wildman–Crippen LogP) is 0.616. The molecule has 1 rings (SSSR count). The maximum atomic E-state index is 11.7. The lowest BCUT2D eigenvalue weighted by Gasteiger charge is -2.14. The SMILES string of the molecule is COCC(N)C(=O)Nc1ccc(OC)cc1OC. The number of carbonyl (C=O) groups is 1. The van der Waals surface area contributed by atoms with Crippen molar-refractivity contribution in [2.75, 3.05) is 33.3 Å². The Morgan fingerprint density at radius 2 is 2.06 bits per heavy atom. The van der Waals surface area contributed by atoms with E-state index >= 15 is 0 Å². The molecule has 0 saturated heterocycles. The minimum absolute atomic E-state index is 0.157. The minimum atomic E-state index is -0.721. The number of hydrogen-bond acceptors (Lipinski definition) is 5. The van der Waals surface area contributed by atoms with Gasteiger partial charge in [-0.05, 0) is 12.1 Å². The fourth-order valence-corrected chi connectivity index (χ4v) is 1.38. The summed E-state index contributed by atoms with van der Waals surface area (Å²) in [4.78, 5) is 11.7. The van der Waals surface area contributed by atoms with Crippen molar-refractivity contribution in [3.05, 3.63) is 18.2 Å². The van der Waals surface area contributed by atoms with Gasteiger partial charge in [-0.1, -0.05) is 0 Å². The molecule has 1 aromatic carbocycles. The summed E-state index contributed by atoms with van der Waals surface area (Å²) >= 11 is 0. The predicted molar refractivity (Wildman–Crippen MR) is 68.0 cm³/mol. The molecule has 1 aromatic rings. The van der Waals surface area contributed by atoms with E-state index in [1.165, 1.54) is 14.2 Å². The van der Waals surface area contributed by atoms with Crippen LogP contribution in [0, 0.1) is 0 Å². The lowest BCUT2D eigenvalue weighted by atomic mass is 10.2. The average Bonchev–Trinajstić information content (AvgIpc) is 2.39. The zero-order chi connectivity index (χ0) is 13.5. The Bertz CT molecular complexity index is 409. The summed E-state index contributed by atoms with van der Waals surface area (Å²) < 4.78 is 15.0.